The Labute approximate surface area is 124 Å². The van der Waals surface area contributed by atoms with Gasteiger partial charge in [0, 0.05) is 0 Å². The van der Waals surface area contributed by atoms with Gasteiger partial charge in [0.1, 0.15) is 0 Å². The molecule has 0 bridgehead atoms. The molecule has 2 unspecified atom stereocenters. The van der Waals surface area contributed by atoms with Crippen LogP contribution in [0.1, 0.15) is 24.8 Å². The predicted molar refractivity (Wildman–Crippen MR) is 76.1 cm³/mol. The minimum absolute atomic E-state index is 0.104. The van der Waals surface area contributed by atoms with Crippen LogP contribution in [0, 0.1) is 6.92 Å². The Balaban J connectivity index is 2.24. The largest absolute Gasteiger partial charge is 0.467 e. The van der Waals surface area contributed by atoms with Crippen LogP contribution in [0.4, 0.5) is 0 Å². The molecule has 1 aliphatic rings. The number of carbonyl (C=O) groups excluding carboxylic acids is 1. The quantitative estimate of drug-likeness (QED) is 0.799. The highest BCUT2D eigenvalue weighted by atomic mass is 32.2. The molecular formula is C14H19NO5S. The summed E-state index contributed by atoms with van der Waals surface area (Å²) < 4.78 is 31.6. The first kappa shape index (κ1) is 15.9. The molecule has 6 nitrogen and oxygen atoms in total. The molecule has 2 atom stereocenters. The van der Waals surface area contributed by atoms with Crippen molar-refractivity contribution in [2.45, 2.75) is 42.7 Å². The highest BCUT2D eigenvalue weighted by Crippen LogP contribution is 2.32. The molecule has 1 aromatic carbocycles. The van der Waals surface area contributed by atoms with Crippen molar-refractivity contribution in [1.82, 2.24) is 4.72 Å². The maximum Gasteiger partial charge on any atom is 0.339 e. The van der Waals surface area contributed by atoms with E-state index in [2.05, 4.69) is 9.46 Å². The van der Waals surface area contributed by atoms with Gasteiger partial charge in [-0.3, -0.25) is 0 Å². The average Bonchev–Trinajstić information content (AvgIpc) is 2.80. The Morgan fingerprint density at radius 3 is 2.57 bits per heavy atom. The van der Waals surface area contributed by atoms with E-state index in [1.807, 2.05) is 6.92 Å². The van der Waals surface area contributed by atoms with Gasteiger partial charge in [0.2, 0.25) is 10.0 Å². The number of methoxy groups -OCH3 is 1. The Hall–Kier alpha value is -1.44. The molecule has 21 heavy (non-hydrogen) atoms. The number of esters is 1. The van der Waals surface area contributed by atoms with Crippen LogP contribution in [-0.2, 0) is 19.6 Å². The number of rotatable bonds is 4. The van der Waals surface area contributed by atoms with Crippen molar-refractivity contribution >= 4 is 16.0 Å². The summed E-state index contributed by atoms with van der Waals surface area (Å²) in [5.74, 6) is -0.809. The number of hydrogen-bond acceptors (Lipinski definition) is 5. The van der Waals surface area contributed by atoms with E-state index in [4.69, 9.17) is 0 Å². The fraction of sp³-hybridized carbons (Fsp3) is 0.500. The molecule has 2 N–H and O–H groups in total. The minimum Gasteiger partial charge on any atom is -0.467 e. The van der Waals surface area contributed by atoms with Crippen molar-refractivity contribution in [2.75, 3.05) is 7.11 Å². The number of ether oxygens (including phenoxy) is 1. The average molecular weight is 313 g/mol. The summed E-state index contributed by atoms with van der Waals surface area (Å²) in [5, 5.41) is 10.4. The number of aliphatic hydroxyl groups is 1. The second kappa shape index (κ2) is 5.75. The number of aryl methyl sites for hydroxylation is 1. The molecule has 0 amide bonds. The van der Waals surface area contributed by atoms with E-state index in [1.54, 1.807) is 12.1 Å². The number of hydrogen-bond donors (Lipinski definition) is 2. The van der Waals surface area contributed by atoms with E-state index in [0.717, 1.165) is 5.56 Å². The van der Waals surface area contributed by atoms with Gasteiger partial charge in [-0.2, -0.15) is 0 Å². The lowest BCUT2D eigenvalue weighted by Gasteiger charge is -2.27. The lowest BCUT2D eigenvalue weighted by Crippen LogP contribution is -2.54. The molecule has 0 radical (unpaired) electrons. The van der Waals surface area contributed by atoms with E-state index in [-0.39, 0.29) is 11.3 Å². The lowest BCUT2D eigenvalue weighted by atomic mass is 9.99. The van der Waals surface area contributed by atoms with Gasteiger partial charge in [0.15, 0.2) is 5.60 Å². The first-order valence-electron chi connectivity index (χ1n) is 6.69. The van der Waals surface area contributed by atoms with Crippen molar-refractivity contribution in [2.24, 2.45) is 0 Å². The summed E-state index contributed by atoms with van der Waals surface area (Å²) in [6, 6.07) is 5.48. The van der Waals surface area contributed by atoms with Gasteiger partial charge in [0.05, 0.1) is 18.0 Å². The standard InChI is InChI=1S/C14H19NO5S/c1-10-5-7-11(8-6-10)21(18,19)15-12-4-3-9-14(12,17)13(16)20-2/h5-8,12,15,17H,3-4,9H2,1-2H3. The van der Waals surface area contributed by atoms with E-state index in [1.165, 1.54) is 19.2 Å². The molecule has 1 aliphatic carbocycles. The summed E-state index contributed by atoms with van der Waals surface area (Å²) in [4.78, 5) is 11.8. The molecule has 1 aromatic rings. The fourth-order valence-corrected chi connectivity index (χ4v) is 3.86. The van der Waals surface area contributed by atoms with Crippen molar-refractivity contribution in [1.29, 1.82) is 0 Å². The van der Waals surface area contributed by atoms with Crippen molar-refractivity contribution in [3.05, 3.63) is 29.8 Å². The van der Waals surface area contributed by atoms with Crippen LogP contribution in [-0.4, -0.2) is 38.2 Å². The molecule has 7 heteroatoms. The molecule has 1 saturated carbocycles. The number of benzene rings is 1. The summed E-state index contributed by atoms with van der Waals surface area (Å²) in [6.07, 6.45) is 1.12. The minimum atomic E-state index is -3.79. The zero-order valence-electron chi connectivity index (χ0n) is 12.0. The van der Waals surface area contributed by atoms with Crippen LogP contribution in [0.3, 0.4) is 0 Å². The van der Waals surface area contributed by atoms with Crippen LogP contribution in [0.25, 0.3) is 0 Å². The van der Waals surface area contributed by atoms with Crippen LogP contribution in [0.15, 0.2) is 29.2 Å². The summed E-state index contributed by atoms with van der Waals surface area (Å²) >= 11 is 0. The highest BCUT2D eigenvalue weighted by molar-refractivity contribution is 7.89. The zero-order valence-corrected chi connectivity index (χ0v) is 12.8. The van der Waals surface area contributed by atoms with E-state index in [0.29, 0.717) is 12.8 Å². The summed E-state index contributed by atoms with van der Waals surface area (Å²) in [5.41, 5.74) is -0.854. The van der Waals surface area contributed by atoms with E-state index < -0.39 is 27.6 Å². The van der Waals surface area contributed by atoms with Gasteiger partial charge in [-0.15, -0.1) is 0 Å². The van der Waals surface area contributed by atoms with Crippen LogP contribution >= 0.6 is 0 Å². The van der Waals surface area contributed by atoms with Crippen LogP contribution in [0.5, 0.6) is 0 Å². The monoisotopic (exact) mass is 313 g/mol. The summed E-state index contributed by atoms with van der Waals surface area (Å²) in [7, 11) is -2.62. The van der Waals surface area contributed by atoms with E-state index in [9.17, 15) is 18.3 Å². The molecule has 116 valence electrons. The third-order valence-electron chi connectivity index (χ3n) is 3.79. The number of carbonyl (C=O) groups is 1. The zero-order chi connectivity index (χ0) is 15.7. The molecule has 0 heterocycles. The smallest absolute Gasteiger partial charge is 0.339 e. The molecule has 0 spiro atoms. The molecule has 0 saturated heterocycles. The van der Waals surface area contributed by atoms with Crippen molar-refractivity contribution in [3.63, 3.8) is 0 Å². The van der Waals surface area contributed by atoms with Gasteiger partial charge in [-0.1, -0.05) is 17.7 Å². The van der Waals surface area contributed by atoms with Gasteiger partial charge in [-0.25, -0.2) is 17.9 Å². The Kier molecular flexibility index (Phi) is 4.36. The molecule has 2 rings (SSSR count). The second-order valence-electron chi connectivity index (χ2n) is 5.29. The van der Waals surface area contributed by atoms with Gasteiger partial charge >= 0.3 is 5.97 Å². The van der Waals surface area contributed by atoms with Crippen LogP contribution in [0.2, 0.25) is 0 Å². The molecule has 1 fully saturated rings. The van der Waals surface area contributed by atoms with Gasteiger partial charge in [-0.05, 0) is 38.3 Å². The number of sulfonamides is 1. The number of nitrogens with one attached hydrogen (secondary N) is 1. The fourth-order valence-electron chi connectivity index (χ4n) is 2.54. The van der Waals surface area contributed by atoms with Crippen molar-refractivity contribution in [3.8, 4) is 0 Å². The normalized spacial score (nSPS) is 25.8. The third kappa shape index (κ3) is 3.09. The SMILES string of the molecule is COC(=O)C1(O)CCCC1NS(=O)(=O)c1ccc(C)cc1. The predicted octanol–water partition coefficient (Wildman–Crippen LogP) is 0.730. The Bertz CT molecular complexity index is 625. The van der Waals surface area contributed by atoms with Gasteiger partial charge in [0.25, 0.3) is 0 Å². The first-order valence-corrected chi connectivity index (χ1v) is 8.18. The first-order chi connectivity index (χ1) is 9.79. The lowest BCUT2D eigenvalue weighted by molar-refractivity contribution is -0.163. The molecule has 0 aromatic heterocycles. The Morgan fingerprint density at radius 1 is 1.38 bits per heavy atom. The van der Waals surface area contributed by atoms with Gasteiger partial charge < -0.3 is 9.84 Å². The Morgan fingerprint density at radius 2 is 2.00 bits per heavy atom. The topological polar surface area (TPSA) is 92.7 Å². The molecular weight excluding hydrogens is 294 g/mol. The van der Waals surface area contributed by atoms with Crippen LogP contribution < -0.4 is 4.72 Å². The molecule has 0 aliphatic heterocycles. The maximum absolute atomic E-state index is 12.3. The summed E-state index contributed by atoms with van der Waals surface area (Å²) in [6.45, 7) is 1.86. The highest BCUT2D eigenvalue weighted by Gasteiger charge is 2.50. The van der Waals surface area contributed by atoms with Crippen molar-refractivity contribution < 1.29 is 23.1 Å². The van der Waals surface area contributed by atoms with E-state index >= 15 is 0 Å². The second-order valence-corrected chi connectivity index (χ2v) is 7.01. The third-order valence-corrected chi connectivity index (χ3v) is 5.28. The maximum atomic E-state index is 12.3.